The predicted octanol–water partition coefficient (Wildman–Crippen LogP) is 1.80. The van der Waals surface area contributed by atoms with Crippen molar-refractivity contribution in [3.8, 4) is 0 Å². The summed E-state index contributed by atoms with van der Waals surface area (Å²) in [5, 5.41) is 3.40. The van der Waals surface area contributed by atoms with E-state index < -0.39 is 0 Å². The molecule has 2 unspecified atom stereocenters. The predicted molar refractivity (Wildman–Crippen MR) is 56.2 cm³/mol. The van der Waals surface area contributed by atoms with E-state index in [1.807, 2.05) is 0 Å². The maximum atomic E-state index is 6.01. The van der Waals surface area contributed by atoms with Gasteiger partial charge in [0.2, 0.25) is 0 Å². The van der Waals surface area contributed by atoms with E-state index in [4.69, 9.17) is 4.74 Å². The quantitative estimate of drug-likeness (QED) is 0.738. The Hall–Kier alpha value is -0.0800. The van der Waals surface area contributed by atoms with Gasteiger partial charge in [-0.25, -0.2) is 0 Å². The molecule has 3 fully saturated rings. The number of hydrogen-bond donors (Lipinski definition) is 1. The van der Waals surface area contributed by atoms with Gasteiger partial charge in [-0.2, -0.15) is 0 Å². The molecule has 3 aliphatic rings. The van der Waals surface area contributed by atoms with Crippen molar-refractivity contribution in [2.45, 2.75) is 38.2 Å². The fourth-order valence-corrected chi connectivity index (χ4v) is 3.45. The summed E-state index contributed by atoms with van der Waals surface area (Å²) in [6.07, 6.45) is 7.65. The molecular weight excluding hydrogens is 174 g/mol. The number of ether oxygens (including phenoxy) is 1. The average Bonchev–Trinajstić information content (AvgIpc) is 3.07. The van der Waals surface area contributed by atoms with Gasteiger partial charge in [-0.3, -0.25) is 0 Å². The molecule has 0 spiro atoms. The zero-order chi connectivity index (χ0) is 9.60. The van der Waals surface area contributed by atoms with E-state index in [-0.39, 0.29) is 0 Å². The maximum Gasteiger partial charge on any atom is 0.0675 e. The van der Waals surface area contributed by atoms with Crippen molar-refractivity contribution in [2.75, 3.05) is 20.2 Å². The first kappa shape index (κ1) is 9.17. The standard InChI is InChI=1S/C12H21NO/c1-13-8-12(10-4-5-10)6-7-14-11(12)9-2-3-9/h9-11,13H,2-8H2,1H3. The molecular formula is C12H21NO. The van der Waals surface area contributed by atoms with Gasteiger partial charge in [0.15, 0.2) is 0 Å². The van der Waals surface area contributed by atoms with Gasteiger partial charge in [-0.05, 0) is 51.0 Å². The topological polar surface area (TPSA) is 21.3 Å². The van der Waals surface area contributed by atoms with Crippen molar-refractivity contribution < 1.29 is 4.74 Å². The van der Waals surface area contributed by atoms with Crippen molar-refractivity contribution >= 4 is 0 Å². The molecule has 1 heterocycles. The molecule has 2 nitrogen and oxygen atoms in total. The van der Waals surface area contributed by atoms with Crippen LogP contribution in [0.2, 0.25) is 0 Å². The second-order valence-corrected chi connectivity index (χ2v) is 5.42. The molecule has 0 aromatic carbocycles. The third kappa shape index (κ3) is 1.31. The Balaban J connectivity index is 1.80. The highest BCUT2D eigenvalue weighted by atomic mass is 16.5. The molecule has 0 radical (unpaired) electrons. The van der Waals surface area contributed by atoms with E-state index in [9.17, 15) is 0 Å². The van der Waals surface area contributed by atoms with E-state index >= 15 is 0 Å². The normalized spacial score (nSPS) is 43.1. The van der Waals surface area contributed by atoms with Crippen LogP contribution in [-0.2, 0) is 4.74 Å². The van der Waals surface area contributed by atoms with Crippen LogP contribution >= 0.6 is 0 Å². The highest BCUT2D eigenvalue weighted by molar-refractivity contribution is 5.07. The van der Waals surface area contributed by atoms with Crippen molar-refractivity contribution in [3.63, 3.8) is 0 Å². The van der Waals surface area contributed by atoms with E-state index in [0.717, 1.165) is 18.4 Å². The van der Waals surface area contributed by atoms with Gasteiger partial charge in [0, 0.05) is 18.6 Å². The van der Waals surface area contributed by atoms with Crippen molar-refractivity contribution in [2.24, 2.45) is 17.3 Å². The molecule has 1 saturated heterocycles. The van der Waals surface area contributed by atoms with E-state index in [2.05, 4.69) is 12.4 Å². The lowest BCUT2D eigenvalue weighted by atomic mass is 9.74. The van der Waals surface area contributed by atoms with Crippen LogP contribution in [0.4, 0.5) is 0 Å². The monoisotopic (exact) mass is 195 g/mol. The van der Waals surface area contributed by atoms with Gasteiger partial charge in [-0.15, -0.1) is 0 Å². The Morgan fingerprint density at radius 1 is 1.29 bits per heavy atom. The van der Waals surface area contributed by atoms with Gasteiger partial charge in [0.05, 0.1) is 6.10 Å². The van der Waals surface area contributed by atoms with E-state index in [0.29, 0.717) is 11.5 Å². The van der Waals surface area contributed by atoms with Gasteiger partial charge in [0.25, 0.3) is 0 Å². The minimum Gasteiger partial charge on any atom is -0.377 e. The molecule has 0 amide bonds. The van der Waals surface area contributed by atoms with Crippen molar-refractivity contribution in [1.82, 2.24) is 5.32 Å². The minimum absolute atomic E-state index is 0.524. The van der Waals surface area contributed by atoms with Crippen LogP contribution in [0.5, 0.6) is 0 Å². The number of hydrogen-bond acceptors (Lipinski definition) is 2. The first-order valence-electron chi connectivity index (χ1n) is 6.13. The molecule has 2 saturated carbocycles. The van der Waals surface area contributed by atoms with Gasteiger partial charge in [0.1, 0.15) is 0 Å². The van der Waals surface area contributed by atoms with Crippen LogP contribution in [0.1, 0.15) is 32.1 Å². The van der Waals surface area contributed by atoms with Gasteiger partial charge >= 0.3 is 0 Å². The summed E-state index contributed by atoms with van der Waals surface area (Å²) in [5.41, 5.74) is 0.524. The molecule has 14 heavy (non-hydrogen) atoms. The Bertz CT molecular complexity index is 222. The third-order valence-electron chi connectivity index (χ3n) is 4.38. The van der Waals surface area contributed by atoms with E-state index in [1.165, 1.54) is 38.6 Å². The molecule has 2 aliphatic carbocycles. The molecule has 2 atom stereocenters. The molecule has 0 aromatic rings. The lowest BCUT2D eigenvalue weighted by Gasteiger charge is -2.34. The van der Waals surface area contributed by atoms with Crippen molar-refractivity contribution in [3.05, 3.63) is 0 Å². The van der Waals surface area contributed by atoms with Crippen molar-refractivity contribution in [1.29, 1.82) is 0 Å². The highest BCUT2D eigenvalue weighted by Gasteiger charge is 2.57. The second kappa shape index (κ2) is 3.21. The summed E-state index contributed by atoms with van der Waals surface area (Å²) in [4.78, 5) is 0. The summed E-state index contributed by atoms with van der Waals surface area (Å²) in [5.74, 6) is 1.88. The summed E-state index contributed by atoms with van der Waals surface area (Å²) in [6.45, 7) is 2.19. The summed E-state index contributed by atoms with van der Waals surface area (Å²) in [6, 6.07) is 0. The van der Waals surface area contributed by atoms with Gasteiger partial charge in [-0.1, -0.05) is 0 Å². The van der Waals surface area contributed by atoms with Gasteiger partial charge < -0.3 is 10.1 Å². The summed E-state index contributed by atoms with van der Waals surface area (Å²) < 4.78 is 6.01. The van der Waals surface area contributed by atoms with Crippen LogP contribution in [0.15, 0.2) is 0 Å². The molecule has 1 N–H and O–H groups in total. The third-order valence-corrected chi connectivity index (χ3v) is 4.38. The average molecular weight is 195 g/mol. The zero-order valence-electron chi connectivity index (χ0n) is 9.09. The van der Waals surface area contributed by atoms with Crippen LogP contribution in [0.3, 0.4) is 0 Å². The molecule has 1 aliphatic heterocycles. The SMILES string of the molecule is CNCC1(C2CC2)CCOC1C1CC1. The largest absolute Gasteiger partial charge is 0.377 e. The Labute approximate surface area is 86.4 Å². The highest BCUT2D eigenvalue weighted by Crippen LogP contribution is 2.58. The minimum atomic E-state index is 0.524. The first-order valence-corrected chi connectivity index (χ1v) is 6.13. The lowest BCUT2D eigenvalue weighted by Crippen LogP contribution is -2.42. The smallest absolute Gasteiger partial charge is 0.0675 e. The molecule has 80 valence electrons. The Kier molecular flexibility index (Phi) is 2.10. The molecule has 2 heteroatoms. The Morgan fingerprint density at radius 3 is 2.64 bits per heavy atom. The zero-order valence-corrected chi connectivity index (χ0v) is 9.09. The van der Waals surface area contributed by atoms with Crippen LogP contribution in [-0.4, -0.2) is 26.3 Å². The molecule has 0 bridgehead atoms. The van der Waals surface area contributed by atoms with Crippen LogP contribution in [0.25, 0.3) is 0 Å². The van der Waals surface area contributed by atoms with Crippen LogP contribution in [0, 0.1) is 17.3 Å². The lowest BCUT2D eigenvalue weighted by molar-refractivity contribution is 0.0207. The fraction of sp³-hybridized carbons (Fsp3) is 1.00. The fourth-order valence-electron chi connectivity index (χ4n) is 3.45. The Morgan fingerprint density at radius 2 is 2.07 bits per heavy atom. The molecule has 3 rings (SSSR count). The second-order valence-electron chi connectivity index (χ2n) is 5.42. The number of nitrogens with one attached hydrogen (secondary N) is 1. The maximum absolute atomic E-state index is 6.01. The van der Waals surface area contributed by atoms with E-state index in [1.54, 1.807) is 0 Å². The molecule has 0 aromatic heterocycles. The van der Waals surface area contributed by atoms with Crippen LogP contribution < -0.4 is 5.32 Å². The summed E-state index contributed by atoms with van der Waals surface area (Å²) >= 11 is 0. The summed E-state index contributed by atoms with van der Waals surface area (Å²) in [7, 11) is 2.09. The first-order chi connectivity index (χ1) is 6.87. The number of rotatable bonds is 4.